The van der Waals surface area contributed by atoms with Crippen LogP contribution in [0.3, 0.4) is 0 Å². The first-order chi connectivity index (χ1) is 7.31. The second-order valence-electron chi connectivity index (χ2n) is 3.65. The lowest BCUT2D eigenvalue weighted by Gasteiger charge is -2.21. The second kappa shape index (κ2) is 4.28. The standard InChI is InChI=1S/C11H12N2O2/c12-7-9-1-2-10(13-11(9)14)8-3-5-15-6-4-8/h1-2,8H,3-6H2,(H,13,14). The first-order valence-corrected chi connectivity index (χ1v) is 5.02. The van der Waals surface area contributed by atoms with Crippen LogP contribution < -0.4 is 5.56 Å². The number of nitrogens with one attached hydrogen (secondary N) is 1. The van der Waals surface area contributed by atoms with Gasteiger partial charge in [0.1, 0.15) is 11.6 Å². The molecule has 15 heavy (non-hydrogen) atoms. The van der Waals surface area contributed by atoms with Gasteiger partial charge in [-0.15, -0.1) is 0 Å². The molecule has 4 heteroatoms. The Balaban J connectivity index is 2.26. The molecule has 0 amide bonds. The van der Waals surface area contributed by atoms with Crippen LogP contribution in [0.1, 0.15) is 30.0 Å². The molecule has 0 spiro atoms. The fraction of sp³-hybridized carbons (Fsp3) is 0.455. The van der Waals surface area contributed by atoms with E-state index in [9.17, 15) is 4.79 Å². The number of rotatable bonds is 1. The predicted octanol–water partition coefficient (Wildman–Crippen LogP) is 1.14. The summed E-state index contributed by atoms with van der Waals surface area (Å²) in [7, 11) is 0. The summed E-state index contributed by atoms with van der Waals surface area (Å²) in [5.41, 5.74) is 0.801. The van der Waals surface area contributed by atoms with E-state index >= 15 is 0 Å². The molecule has 0 atom stereocenters. The molecule has 0 bridgehead atoms. The Morgan fingerprint density at radius 1 is 1.40 bits per heavy atom. The Hall–Kier alpha value is -1.60. The van der Waals surface area contributed by atoms with Crippen LogP contribution in [-0.2, 0) is 4.74 Å². The van der Waals surface area contributed by atoms with E-state index in [2.05, 4.69) is 4.98 Å². The lowest BCUT2D eigenvalue weighted by atomic mass is 9.96. The van der Waals surface area contributed by atoms with E-state index < -0.39 is 0 Å². The van der Waals surface area contributed by atoms with Gasteiger partial charge >= 0.3 is 0 Å². The van der Waals surface area contributed by atoms with Gasteiger partial charge in [-0.2, -0.15) is 5.26 Å². The number of hydrogen-bond donors (Lipinski definition) is 1. The van der Waals surface area contributed by atoms with E-state index in [0.29, 0.717) is 5.92 Å². The normalized spacial score (nSPS) is 17.3. The van der Waals surface area contributed by atoms with E-state index in [-0.39, 0.29) is 11.1 Å². The summed E-state index contributed by atoms with van der Waals surface area (Å²) in [6.45, 7) is 1.49. The number of nitrogens with zero attached hydrogens (tertiary/aromatic N) is 1. The second-order valence-corrected chi connectivity index (χ2v) is 3.65. The molecule has 0 unspecified atom stereocenters. The van der Waals surface area contributed by atoms with Crippen LogP contribution in [-0.4, -0.2) is 18.2 Å². The van der Waals surface area contributed by atoms with Crippen molar-refractivity contribution in [3.05, 3.63) is 33.7 Å². The molecular formula is C11H12N2O2. The SMILES string of the molecule is N#Cc1ccc(C2CCOCC2)[nH]c1=O. The van der Waals surface area contributed by atoms with Gasteiger partial charge in [-0.05, 0) is 25.0 Å². The highest BCUT2D eigenvalue weighted by molar-refractivity contribution is 5.27. The molecule has 0 radical (unpaired) electrons. The highest BCUT2D eigenvalue weighted by Gasteiger charge is 2.16. The first-order valence-electron chi connectivity index (χ1n) is 5.02. The molecule has 0 aliphatic carbocycles. The molecule has 1 aromatic rings. The Kier molecular flexibility index (Phi) is 2.84. The highest BCUT2D eigenvalue weighted by Crippen LogP contribution is 2.24. The Morgan fingerprint density at radius 2 is 2.13 bits per heavy atom. The molecular weight excluding hydrogens is 192 g/mol. The average Bonchev–Trinajstić information content (AvgIpc) is 2.30. The summed E-state index contributed by atoms with van der Waals surface area (Å²) < 4.78 is 5.25. The van der Waals surface area contributed by atoms with E-state index in [1.54, 1.807) is 6.07 Å². The summed E-state index contributed by atoms with van der Waals surface area (Å²) in [4.78, 5) is 14.2. The van der Waals surface area contributed by atoms with Crippen molar-refractivity contribution in [3.8, 4) is 6.07 Å². The largest absolute Gasteiger partial charge is 0.381 e. The summed E-state index contributed by atoms with van der Waals surface area (Å²) in [5, 5.41) is 8.63. The topological polar surface area (TPSA) is 65.9 Å². The minimum Gasteiger partial charge on any atom is -0.381 e. The molecule has 2 rings (SSSR count). The van der Waals surface area contributed by atoms with Crippen molar-refractivity contribution >= 4 is 0 Å². The maximum atomic E-state index is 11.4. The van der Waals surface area contributed by atoms with Gasteiger partial charge in [0.2, 0.25) is 0 Å². The number of nitriles is 1. The molecule has 1 saturated heterocycles. The third-order valence-electron chi connectivity index (χ3n) is 2.71. The van der Waals surface area contributed by atoms with Gasteiger partial charge in [-0.1, -0.05) is 0 Å². The third-order valence-corrected chi connectivity index (χ3v) is 2.71. The van der Waals surface area contributed by atoms with Crippen LogP contribution in [0.15, 0.2) is 16.9 Å². The number of H-pyrrole nitrogens is 1. The Labute approximate surface area is 87.5 Å². The zero-order valence-corrected chi connectivity index (χ0v) is 8.32. The van der Waals surface area contributed by atoms with Gasteiger partial charge in [0, 0.05) is 24.8 Å². The predicted molar refractivity (Wildman–Crippen MR) is 54.6 cm³/mol. The van der Waals surface area contributed by atoms with Crippen LogP contribution >= 0.6 is 0 Å². The third kappa shape index (κ3) is 2.08. The molecule has 78 valence electrons. The van der Waals surface area contributed by atoms with Crippen LogP contribution in [0.5, 0.6) is 0 Å². The molecule has 1 N–H and O–H groups in total. The summed E-state index contributed by atoms with van der Waals surface area (Å²) >= 11 is 0. The molecule has 1 fully saturated rings. The van der Waals surface area contributed by atoms with E-state index in [1.165, 1.54) is 0 Å². The van der Waals surface area contributed by atoms with Gasteiger partial charge < -0.3 is 9.72 Å². The molecule has 0 saturated carbocycles. The average molecular weight is 204 g/mol. The maximum absolute atomic E-state index is 11.4. The van der Waals surface area contributed by atoms with Crippen LogP contribution in [0.25, 0.3) is 0 Å². The van der Waals surface area contributed by atoms with Gasteiger partial charge in [0.25, 0.3) is 5.56 Å². The Bertz CT molecular complexity index is 439. The van der Waals surface area contributed by atoms with Gasteiger partial charge in [0.05, 0.1) is 0 Å². The van der Waals surface area contributed by atoms with Crippen molar-refractivity contribution in [1.29, 1.82) is 5.26 Å². The molecule has 1 aromatic heterocycles. The number of aromatic amines is 1. The molecule has 2 heterocycles. The van der Waals surface area contributed by atoms with Crippen LogP contribution in [0, 0.1) is 11.3 Å². The first kappa shape index (κ1) is 9.94. The number of pyridine rings is 1. The van der Waals surface area contributed by atoms with Gasteiger partial charge in [-0.3, -0.25) is 4.79 Å². The summed E-state index contributed by atoms with van der Waals surface area (Å²) in [6.07, 6.45) is 1.86. The minimum atomic E-state index is -0.290. The van der Waals surface area contributed by atoms with E-state index in [0.717, 1.165) is 31.7 Å². The van der Waals surface area contributed by atoms with E-state index in [4.69, 9.17) is 10.00 Å². The lowest BCUT2D eigenvalue weighted by Crippen LogP contribution is -2.19. The van der Waals surface area contributed by atoms with Crippen molar-refractivity contribution in [3.63, 3.8) is 0 Å². The van der Waals surface area contributed by atoms with Gasteiger partial charge in [0.15, 0.2) is 0 Å². The van der Waals surface area contributed by atoms with Crippen LogP contribution in [0.4, 0.5) is 0 Å². The van der Waals surface area contributed by atoms with Crippen molar-refractivity contribution in [2.75, 3.05) is 13.2 Å². The van der Waals surface area contributed by atoms with E-state index in [1.807, 2.05) is 12.1 Å². The highest BCUT2D eigenvalue weighted by atomic mass is 16.5. The fourth-order valence-corrected chi connectivity index (χ4v) is 1.82. The fourth-order valence-electron chi connectivity index (χ4n) is 1.82. The van der Waals surface area contributed by atoms with Crippen molar-refractivity contribution in [1.82, 2.24) is 4.98 Å². The zero-order valence-electron chi connectivity index (χ0n) is 8.32. The maximum Gasteiger partial charge on any atom is 0.266 e. The Morgan fingerprint density at radius 3 is 2.73 bits per heavy atom. The van der Waals surface area contributed by atoms with Crippen LogP contribution in [0.2, 0.25) is 0 Å². The van der Waals surface area contributed by atoms with Crippen molar-refractivity contribution in [2.24, 2.45) is 0 Å². The number of hydrogen-bond acceptors (Lipinski definition) is 3. The summed E-state index contributed by atoms with van der Waals surface area (Å²) in [6, 6.07) is 5.27. The summed E-state index contributed by atoms with van der Waals surface area (Å²) in [5.74, 6) is 0.360. The minimum absolute atomic E-state index is 0.172. The van der Waals surface area contributed by atoms with Crippen molar-refractivity contribution in [2.45, 2.75) is 18.8 Å². The quantitative estimate of drug-likeness (QED) is 0.746. The number of aromatic nitrogens is 1. The molecule has 1 aliphatic rings. The monoisotopic (exact) mass is 204 g/mol. The smallest absolute Gasteiger partial charge is 0.266 e. The zero-order chi connectivity index (χ0) is 10.7. The van der Waals surface area contributed by atoms with Crippen molar-refractivity contribution < 1.29 is 4.74 Å². The molecule has 4 nitrogen and oxygen atoms in total. The number of ether oxygens (including phenoxy) is 1. The molecule has 0 aromatic carbocycles. The lowest BCUT2D eigenvalue weighted by molar-refractivity contribution is 0.0844. The molecule has 1 aliphatic heterocycles. The van der Waals surface area contributed by atoms with Gasteiger partial charge in [-0.25, -0.2) is 0 Å².